The molecule has 0 radical (unpaired) electrons. The number of esters is 1. The molecule has 54 heavy (non-hydrogen) atoms. The van der Waals surface area contributed by atoms with Crippen molar-refractivity contribution in [3.05, 3.63) is 24.5 Å². The maximum absolute atomic E-state index is 12.6. The first-order chi connectivity index (χ1) is 26.4. The van der Waals surface area contributed by atoms with E-state index in [9.17, 15) is 14.3 Å². The van der Waals surface area contributed by atoms with Gasteiger partial charge in [-0.2, -0.15) is 0 Å². The summed E-state index contributed by atoms with van der Waals surface area (Å²) in [4.78, 5) is 22.5. The molecule has 0 aromatic heterocycles. The summed E-state index contributed by atoms with van der Waals surface area (Å²) in [7, 11) is -4.29. The highest BCUT2D eigenvalue weighted by atomic mass is 31.2. The summed E-state index contributed by atoms with van der Waals surface area (Å²) >= 11 is 0. The fourth-order valence-corrected chi connectivity index (χ4v) is 7.31. The van der Waals surface area contributed by atoms with Crippen molar-refractivity contribution in [1.82, 2.24) is 0 Å². The van der Waals surface area contributed by atoms with E-state index in [1.54, 1.807) is 6.26 Å². The number of carbonyl (C=O) groups is 1. The van der Waals surface area contributed by atoms with Gasteiger partial charge in [0, 0.05) is 13.0 Å². The summed E-state index contributed by atoms with van der Waals surface area (Å²) in [6.45, 7) is 4.26. The van der Waals surface area contributed by atoms with Crippen molar-refractivity contribution in [2.45, 2.75) is 232 Å². The number of hydrogen-bond acceptors (Lipinski definition) is 7. The van der Waals surface area contributed by atoms with Crippen LogP contribution in [0.3, 0.4) is 0 Å². The highest BCUT2D eigenvalue weighted by Crippen LogP contribution is 2.43. The molecule has 0 aromatic rings. The van der Waals surface area contributed by atoms with Crippen LogP contribution in [-0.4, -0.2) is 43.3 Å². The van der Waals surface area contributed by atoms with Crippen LogP contribution < -0.4 is 5.73 Å². The summed E-state index contributed by atoms with van der Waals surface area (Å²) < 4.78 is 33.2. The van der Waals surface area contributed by atoms with E-state index in [2.05, 4.69) is 26.0 Å². The molecular weight excluding hydrogens is 697 g/mol. The third kappa shape index (κ3) is 42.0. The lowest BCUT2D eigenvalue weighted by Gasteiger charge is -2.19. The van der Waals surface area contributed by atoms with E-state index in [4.69, 9.17) is 24.3 Å². The second-order valence-electron chi connectivity index (χ2n) is 15.3. The van der Waals surface area contributed by atoms with Gasteiger partial charge in [0.2, 0.25) is 0 Å². The summed E-state index contributed by atoms with van der Waals surface area (Å²) in [5.41, 5.74) is 5.37. The van der Waals surface area contributed by atoms with Gasteiger partial charge in [-0.15, -0.1) is 0 Å². The lowest BCUT2D eigenvalue weighted by molar-refractivity contribution is -0.153. The molecule has 0 saturated heterocycles. The molecule has 0 aliphatic carbocycles. The van der Waals surface area contributed by atoms with Crippen molar-refractivity contribution < 1.29 is 32.8 Å². The Labute approximate surface area is 334 Å². The Bertz CT molecular complexity index is 884. The van der Waals surface area contributed by atoms with Crippen LogP contribution in [0.5, 0.6) is 0 Å². The Morgan fingerprint density at radius 3 is 1.37 bits per heavy atom. The van der Waals surface area contributed by atoms with Gasteiger partial charge in [-0.25, -0.2) is 4.57 Å². The minimum atomic E-state index is -4.29. The number of allylic oxidation sites excluding steroid dienone is 3. The molecule has 8 nitrogen and oxygen atoms in total. The first-order valence-corrected chi connectivity index (χ1v) is 24.4. The molecule has 320 valence electrons. The Morgan fingerprint density at radius 2 is 0.944 bits per heavy atom. The SMILES string of the molecule is CCCCCCCC/C=C/CCCCCCCCCCCCCC(=O)O[C@H](CO/C=C/CCCCCCCCCCCCCC)COP(=O)(O)OCCN. The van der Waals surface area contributed by atoms with E-state index in [1.165, 1.54) is 173 Å². The molecule has 0 saturated carbocycles. The van der Waals surface area contributed by atoms with Gasteiger partial charge in [-0.05, 0) is 51.0 Å². The van der Waals surface area contributed by atoms with Gasteiger partial charge >= 0.3 is 13.8 Å². The highest BCUT2D eigenvalue weighted by molar-refractivity contribution is 7.47. The van der Waals surface area contributed by atoms with Crippen molar-refractivity contribution in [1.29, 1.82) is 0 Å². The molecule has 0 aromatic carbocycles. The number of carbonyl (C=O) groups excluding carboxylic acids is 1. The number of hydrogen-bond donors (Lipinski definition) is 2. The van der Waals surface area contributed by atoms with Crippen LogP contribution >= 0.6 is 7.82 Å². The summed E-state index contributed by atoms with van der Waals surface area (Å²) in [6.07, 6.45) is 48.6. The lowest BCUT2D eigenvalue weighted by atomic mass is 10.0. The van der Waals surface area contributed by atoms with Crippen LogP contribution in [0.25, 0.3) is 0 Å². The predicted molar refractivity (Wildman–Crippen MR) is 229 cm³/mol. The van der Waals surface area contributed by atoms with Crippen molar-refractivity contribution in [2.24, 2.45) is 5.73 Å². The fraction of sp³-hybridized carbons (Fsp3) is 0.889. The smallest absolute Gasteiger partial charge is 0.472 e. The van der Waals surface area contributed by atoms with E-state index in [1.807, 2.05) is 6.08 Å². The average molecular weight is 786 g/mol. The lowest BCUT2D eigenvalue weighted by Crippen LogP contribution is -2.27. The van der Waals surface area contributed by atoms with E-state index < -0.39 is 13.9 Å². The third-order valence-electron chi connectivity index (χ3n) is 9.94. The van der Waals surface area contributed by atoms with Gasteiger partial charge in [0.15, 0.2) is 6.10 Å². The predicted octanol–water partition coefficient (Wildman–Crippen LogP) is 14.0. The van der Waals surface area contributed by atoms with Gasteiger partial charge in [0.1, 0.15) is 6.61 Å². The minimum Gasteiger partial charge on any atom is -0.498 e. The second-order valence-corrected chi connectivity index (χ2v) is 16.8. The first kappa shape index (κ1) is 52.8. The van der Waals surface area contributed by atoms with Gasteiger partial charge in [0.05, 0.1) is 19.5 Å². The molecule has 0 spiro atoms. The monoisotopic (exact) mass is 786 g/mol. The molecule has 0 aliphatic rings. The maximum Gasteiger partial charge on any atom is 0.472 e. The van der Waals surface area contributed by atoms with E-state index in [0.29, 0.717) is 6.42 Å². The number of phosphoric ester groups is 1. The molecule has 1 unspecified atom stereocenters. The Kier molecular flexibility index (Phi) is 42.0. The summed E-state index contributed by atoms with van der Waals surface area (Å²) in [5, 5.41) is 0. The number of unbranched alkanes of at least 4 members (excludes halogenated alkanes) is 29. The largest absolute Gasteiger partial charge is 0.498 e. The molecule has 3 N–H and O–H groups in total. The van der Waals surface area contributed by atoms with Gasteiger partial charge in [0.25, 0.3) is 0 Å². The molecule has 9 heteroatoms. The minimum absolute atomic E-state index is 0.0356. The molecular formula is C45H88NO7P. The van der Waals surface area contributed by atoms with E-state index >= 15 is 0 Å². The van der Waals surface area contributed by atoms with E-state index in [-0.39, 0.29) is 32.3 Å². The number of phosphoric acid groups is 1. The van der Waals surface area contributed by atoms with Crippen molar-refractivity contribution >= 4 is 13.8 Å². The molecule has 0 heterocycles. The topological polar surface area (TPSA) is 117 Å². The van der Waals surface area contributed by atoms with Gasteiger partial charge < -0.3 is 20.1 Å². The highest BCUT2D eigenvalue weighted by Gasteiger charge is 2.25. The van der Waals surface area contributed by atoms with Crippen molar-refractivity contribution in [3.63, 3.8) is 0 Å². The quantitative estimate of drug-likeness (QED) is 0.0206. The van der Waals surface area contributed by atoms with Gasteiger partial charge in [-0.3, -0.25) is 13.8 Å². The molecule has 0 fully saturated rings. The van der Waals surface area contributed by atoms with Crippen LogP contribution in [0, 0.1) is 0 Å². The summed E-state index contributed by atoms with van der Waals surface area (Å²) in [6, 6.07) is 0. The standard InChI is InChI=1S/C45H88NO7P/c1-3-5-7-9-11-13-15-17-19-20-21-22-23-24-25-26-28-30-32-34-36-38-45(47)53-44(43-52-54(48,49)51-41-39-46)42-50-40-37-35-33-31-29-27-18-16-14-12-10-8-6-4-2/h17,19,37,40,44H,3-16,18,20-36,38-39,41-43,46H2,1-2H3,(H,48,49)/b19-17+,40-37+/t44-/m1/s1. The normalized spacial score (nSPS) is 13.6. The van der Waals surface area contributed by atoms with Crippen LogP contribution in [-0.2, 0) is 27.9 Å². The Morgan fingerprint density at radius 1 is 0.556 bits per heavy atom. The van der Waals surface area contributed by atoms with Gasteiger partial charge in [-0.1, -0.05) is 187 Å². The zero-order chi connectivity index (χ0) is 39.5. The Balaban J connectivity index is 3.99. The zero-order valence-corrected chi connectivity index (χ0v) is 36.4. The molecule has 2 atom stereocenters. The molecule has 0 rings (SSSR count). The van der Waals surface area contributed by atoms with Crippen molar-refractivity contribution in [3.8, 4) is 0 Å². The van der Waals surface area contributed by atoms with Crippen molar-refractivity contribution in [2.75, 3.05) is 26.4 Å². The fourth-order valence-electron chi connectivity index (χ4n) is 6.55. The zero-order valence-electron chi connectivity index (χ0n) is 35.5. The Hall–Kier alpha value is -1.18. The summed E-state index contributed by atoms with van der Waals surface area (Å²) in [5.74, 6) is -0.350. The van der Waals surface area contributed by atoms with Crippen LogP contribution in [0.2, 0.25) is 0 Å². The average Bonchev–Trinajstić information content (AvgIpc) is 3.16. The third-order valence-corrected chi connectivity index (χ3v) is 10.9. The first-order valence-electron chi connectivity index (χ1n) is 22.9. The number of nitrogens with two attached hydrogens (primary N) is 1. The second kappa shape index (κ2) is 43.0. The van der Waals surface area contributed by atoms with Crippen LogP contribution in [0.1, 0.15) is 226 Å². The van der Waals surface area contributed by atoms with Crippen LogP contribution in [0.15, 0.2) is 24.5 Å². The molecule has 0 bridgehead atoms. The molecule has 0 aliphatic heterocycles. The van der Waals surface area contributed by atoms with E-state index in [0.717, 1.165) is 32.1 Å². The maximum atomic E-state index is 12.6. The molecule has 0 amide bonds. The van der Waals surface area contributed by atoms with Crippen LogP contribution in [0.4, 0.5) is 0 Å². The number of rotatable bonds is 44. The number of ether oxygens (including phenoxy) is 2.